The number of nitro groups is 1. The monoisotopic (exact) mass is 637 g/mol. The maximum absolute atomic E-state index is 14.1. The van der Waals surface area contributed by atoms with Gasteiger partial charge in [-0.25, -0.2) is 13.6 Å². The van der Waals surface area contributed by atoms with Crippen LogP contribution in [0.2, 0.25) is 0 Å². The molecule has 1 aromatic carbocycles. The van der Waals surface area contributed by atoms with Gasteiger partial charge in [-0.3, -0.25) is 15.0 Å². The number of hydrogen-bond donors (Lipinski definition) is 2. The molecule has 15 heteroatoms. The smallest absolute Gasteiger partial charge is 0.416 e. The van der Waals surface area contributed by atoms with Crippen LogP contribution in [0.25, 0.3) is 0 Å². The molecule has 0 radical (unpaired) electrons. The third kappa shape index (κ3) is 6.75. The highest BCUT2D eigenvalue weighted by atomic mass is 32.2. The molecule has 0 spiro atoms. The third-order valence-electron chi connectivity index (χ3n) is 7.50. The number of fused-ring (bicyclic) bond motifs is 1. The van der Waals surface area contributed by atoms with E-state index in [-0.39, 0.29) is 23.2 Å². The zero-order valence-electron chi connectivity index (χ0n) is 25.4. The summed E-state index contributed by atoms with van der Waals surface area (Å²) in [6.07, 6.45) is -1.77. The zero-order valence-corrected chi connectivity index (χ0v) is 26.2. The lowest BCUT2D eigenvalue weighted by atomic mass is 10.1. The molecule has 3 fully saturated rings. The fraction of sp³-hybridized carbons (Fsp3) is 0.621. The van der Waals surface area contributed by atoms with Crippen LogP contribution in [-0.2, 0) is 14.2 Å². The van der Waals surface area contributed by atoms with Crippen molar-refractivity contribution in [1.29, 1.82) is 0 Å². The Labute approximate surface area is 258 Å². The normalized spacial score (nSPS) is 27.1. The first-order chi connectivity index (χ1) is 20.6. The SMILES string of the molecule is CCCSc1nc(N[C@@H]2C[C@H](O)[C@H]3OC(C)(C)O[C@H]32)c([N+](=O)[O-])c(N(C(=O)OC(C)(C)C)[C@@H]2C[C@H]2c2ccc(F)c(F)c2)n1. The van der Waals surface area contributed by atoms with Gasteiger partial charge in [0.25, 0.3) is 0 Å². The lowest BCUT2D eigenvalue weighted by Crippen LogP contribution is -2.40. The van der Waals surface area contributed by atoms with Crippen molar-refractivity contribution in [1.82, 2.24) is 9.97 Å². The van der Waals surface area contributed by atoms with Gasteiger partial charge in [-0.1, -0.05) is 24.8 Å². The number of aliphatic hydroxyl groups is 1. The molecule has 12 nitrogen and oxygen atoms in total. The highest BCUT2D eigenvalue weighted by Gasteiger charge is 2.55. The van der Waals surface area contributed by atoms with Gasteiger partial charge >= 0.3 is 11.8 Å². The highest BCUT2D eigenvalue weighted by molar-refractivity contribution is 7.99. The van der Waals surface area contributed by atoms with E-state index >= 15 is 0 Å². The summed E-state index contributed by atoms with van der Waals surface area (Å²) in [5.41, 5.74) is -1.08. The van der Waals surface area contributed by atoms with Gasteiger partial charge in [-0.2, -0.15) is 9.97 Å². The van der Waals surface area contributed by atoms with Crippen LogP contribution < -0.4 is 10.2 Å². The van der Waals surface area contributed by atoms with Gasteiger partial charge in [0.15, 0.2) is 22.6 Å². The Balaban J connectivity index is 1.59. The van der Waals surface area contributed by atoms with Crippen molar-refractivity contribution in [2.45, 2.75) is 114 Å². The summed E-state index contributed by atoms with van der Waals surface area (Å²) in [5, 5.41) is 26.7. The number of ether oxygens (including phenoxy) is 3. The van der Waals surface area contributed by atoms with Crippen molar-refractivity contribution in [2.24, 2.45) is 0 Å². The van der Waals surface area contributed by atoms with Crippen molar-refractivity contribution in [2.75, 3.05) is 16.0 Å². The number of carbonyl (C=O) groups excluding carboxylic acids is 1. The van der Waals surface area contributed by atoms with E-state index in [1.54, 1.807) is 34.6 Å². The summed E-state index contributed by atoms with van der Waals surface area (Å²) in [6, 6.07) is 2.20. The molecule has 3 aliphatic rings. The highest BCUT2D eigenvalue weighted by Crippen LogP contribution is 2.50. The number of nitrogens with zero attached hydrogens (tertiary/aromatic N) is 4. The van der Waals surface area contributed by atoms with E-state index in [2.05, 4.69) is 15.3 Å². The Hall–Kier alpha value is -3.14. The van der Waals surface area contributed by atoms with Gasteiger partial charge in [-0.05, 0) is 71.6 Å². The third-order valence-corrected chi connectivity index (χ3v) is 8.55. The van der Waals surface area contributed by atoms with E-state index in [1.807, 2.05) is 6.92 Å². The number of amides is 1. The van der Waals surface area contributed by atoms with Gasteiger partial charge in [0.05, 0.1) is 17.1 Å². The minimum Gasteiger partial charge on any atom is -0.443 e. The van der Waals surface area contributed by atoms with E-state index < -0.39 is 76.0 Å². The van der Waals surface area contributed by atoms with E-state index in [0.717, 1.165) is 23.5 Å². The lowest BCUT2D eigenvalue weighted by molar-refractivity contribution is -0.383. The molecule has 1 amide bonds. The number of anilines is 2. The number of aliphatic hydroxyl groups excluding tert-OH is 1. The Morgan fingerprint density at radius 3 is 2.57 bits per heavy atom. The second-order valence-corrected chi connectivity index (χ2v) is 13.7. The summed E-state index contributed by atoms with van der Waals surface area (Å²) in [7, 11) is 0. The van der Waals surface area contributed by atoms with Crippen molar-refractivity contribution < 1.29 is 37.8 Å². The topological polar surface area (TPSA) is 149 Å². The molecule has 2 aliphatic carbocycles. The molecule has 240 valence electrons. The Kier molecular flexibility index (Phi) is 8.79. The number of benzene rings is 1. The maximum atomic E-state index is 14.1. The lowest BCUT2D eigenvalue weighted by Gasteiger charge is -2.28. The van der Waals surface area contributed by atoms with Crippen molar-refractivity contribution in [3.63, 3.8) is 0 Å². The molecule has 0 unspecified atom stereocenters. The summed E-state index contributed by atoms with van der Waals surface area (Å²) >= 11 is 1.26. The van der Waals surface area contributed by atoms with Crippen LogP contribution in [0.4, 0.5) is 30.9 Å². The predicted molar refractivity (Wildman–Crippen MR) is 158 cm³/mol. The van der Waals surface area contributed by atoms with E-state index in [1.165, 1.54) is 17.8 Å². The molecule has 2 heterocycles. The number of thioether (sulfide) groups is 1. The molecule has 2 aromatic rings. The van der Waals surface area contributed by atoms with Crippen molar-refractivity contribution >= 4 is 35.2 Å². The number of aromatic nitrogens is 2. The minimum absolute atomic E-state index is 0.150. The molecule has 44 heavy (non-hydrogen) atoms. The number of carbonyl (C=O) groups is 1. The first-order valence-electron chi connectivity index (χ1n) is 14.5. The largest absolute Gasteiger partial charge is 0.443 e. The molecule has 6 atom stereocenters. The van der Waals surface area contributed by atoms with Gasteiger partial charge in [0, 0.05) is 17.7 Å². The predicted octanol–water partition coefficient (Wildman–Crippen LogP) is 5.53. The average Bonchev–Trinajstić information content (AvgIpc) is 3.54. The first kappa shape index (κ1) is 32.3. The van der Waals surface area contributed by atoms with Crippen LogP contribution in [0.15, 0.2) is 23.4 Å². The van der Waals surface area contributed by atoms with Crippen LogP contribution in [0.3, 0.4) is 0 Å². The average molecular weight is 638 g/mol. The summed E-state index contributed by atoms with van der Waals surface area (Å²) < 4.78 is 45.3. The van der Waals surface area contributed by atoms with Crippen LogP contribution in [0, 0.1) is 21.7 Å². The van der Waals surface area contributed by atoms with E-state index in [4.69, 9.17) is 14.2 Å². The summed E-state index contributed by atoms with van der Waals surface area (Å²) in [6.45, 7) is 10.4. The molecule has 1 aromatic heterocycles. The van der Waals surface area contributed by atoms with Crippen molar-refractivity contribution in [3.8, 4) is 0 Å². The molecule has 1 aliphatic heterocycles. The van der Waals surface area contributed by atoms with Gasteiger partial charge in [0.2, 0.25) is 11.6 Å². The molecule has 1 saturated heterocycles. The second-order valence-electron chi connectivity index (χ2n) is 12.7. The first-order valence-corrected chi connectivity index (χ1v) is 15.5. The van der Waals surface area contributed by atoms with Crippen LogP contribution in [0.1, 0.15) is 72.3 Å². The van der Waals surface area contributed by atoms with Gasteiger partial charge < -0.3 is 24.6 Å². The zero-order chi connectivity index (χ0) is 32.1. The fourth-order valence-corrected chi connectivity index (χ4v) is 6.34. The second kappa shape index (κ2) is 12.0. The number of halogens is 2. The standard InChI is InChI=1S/C29H37F2N5O7S/c1-7-10-44-26-33-24(32-18-13-20(37)23-22(18)41-29(5,6)42-23)21(36(39)40)25(34-26)35(27(38)43-28(2,3)4)19-12-15(19)14-8-9-16(30)17(31)11-14/h8-9,11,15,18-20,22-23,37H,7,10,12-13H2,1-6H3,(H,32,33,34)/t15-,18+,19+,20-,22-,23+/m0/s1. The molecular formula is C29H37F2N5O7S. The fourth-order valence-electron chi connectivity index (χ4n) is 5.65. The molecule has 0 bridgehead atoms. The number of hydrogen-bond acceptors (Lipinski definition) is 11. The van der Waals surface area contributed by atoms with E-state index in [9.17, 15) is 28.8 Å². The minimum atomic E-state index is -1.03. The summed E-state index contributed by atoms with van der Waals surface area (Å²) in [4.78, 5) is 35.9. The van der Waals surface area contributed by atoms with Crippen LogP contribution in [-0.4, -0.2) is 73.6 Å². The van der Waals surface area contributed by atoms with Gasteiger partial charge in [0.1, 0.15) is 17.8 Å². The van der Waals surface area contributed by atoms with Crippen LogP contribution in [0.5, 0.6) is 0 Å². The molecule has 2 saturated carbocycles. The van der Waals surface area contributed by atoms with Crippen molar-refractivity contribution in [3.05, 3.63) is 45.5 Å². The molecular weight excluding hydrogens is 600 g/mol. The molecule has 2 N–H and O–H groups in total. The Morgan fingerprint density at radius 2 is 1.93 bits per heavy atom. The number of nitrogens with one attached hydrogen (secondary N) is 1. The Morgan fingerprint density at radius 1 is 1.23 bits per heavy atom. The number of rotatable bonds is 9. The molecule has 5 rings (SSSR count). The quantitative estimate of drug-likeness (QED) is 0.155. The summed E-state index contributed by atoms with van der Waals surface area (Å²) in [5.74, 6) is -3.29. The Bertz CT molecular complexity index is 1440. The van der Waals surface area contributed by atoms with Crippen LogP contribution >= 0.6 is 11.8 Å². The van der Waals surface area contributed by atoms with Gasteiger partial charge in [-0.15, -0.1) is 0 Å². The van der Waals surface area contributed by atoms with E-state index in [0.29, 0.717) is 17.7 Å². The maximum Gasteiger partial charge on any atom is 0.416 e.